The van der Waals surface area contributed by atoms with E-state index in [0.29, 0.717) is 22.5 Å². The van der Waals surface area contributed by atoms with Gasteiger partial charge in [0.2, 0.25) is 0 Å². The molecule has 7 heteroatoms. The van der Waals surface area contributed by atoms with E-state index >= 15 is 0 Å². The van der Waals surface area contributed by atoms with E-state index in [1.165, 1.54) is 12.8 Å². The Kier molecular flexibility index (Phi) is 6.11. The van der Waals surface area contributed by atoms with Crippen molar-refractivity contribution in [3.05, 3.63) is 52.4 Å². The highest BCUT2D eigenvalue weighted by Crippen LogP contribution is 2.17. The number of rotatable bonds is 6. The van der Waals surface area contributed by atoms with Gasteiger partial charge in [0, 0.05) is 31.4 Å². The van der Waals surface area contributed by atoms with Gasteiger partial charge in [0.05, 0.1) is 0 Å². The molecule has 0 spiro atoms. The first-order chi connectivity index (χ1) is 12.5. The van der Waals surface area contributed by atoms with Crippen LogP contribution in [0.3, 0.4) is 0 Å². The average molecular weight is 420 g/mol. The number of benzene rings is 1. The van der Waals surface area contributed by atoms with Crippen LogP contribution < -0.4 is 5.32 Å². The lowest BCUT2D eigenvalue weighted by Crippen LogP contribution is -2.35. The van der Waals surface area contributed by atoms with Gasteiger partial charge in [0.1, 0.15) is 0 Å². The van der Waals surface area contributed by atoms with Crippen molar-refractivity contribution >= 4 is 33.4 Å². The molecule has 3 rings (SSSR count). The van der Waals surface area contributed by atoms with E-state index in [4.69, 9.17) is 4.42 Å². The van der Waals surface area contributed by atoms with E-state index in [0.717, 1.165) is 19.6 Å². The van der Waals surface area contributed by atoms with Crippen molar-refractivity contribution in [2.45, 2.75) is 12.8 Å². The third-order valence-corrected chi connectivity index (χ3v) is 4.89. The van der Waals surface area contributed by atoms with Crippen LogP contribution in [0.2, 0.25) is 0 Å². The number of likely N-dealkylation sites (N-methyl/N-ethyl adjacent to an activating group) is 1. The summed E-state index contributed by atoms with van der Waals surface area (Å²) in [5, 5.41) is 2.75. The molecule has 0 bridgehead atoms. The highest BCUT2D eigenvalue weighted by molar-refractivity contribution is 9.10. The molecule has 1 N–H and O–H groups in total. The molecule has 0 saturated carbocycles. The highest BCUT2D eigenvalue weighted by atomic mass is 79.9. The lowest BCUT2D eigenvalue weighted by atomic mass is 10.1. The van der Waals surface area contributed by atoms with E-state index in [9.17, 15) is 9.59 Å². The lowest BCUT2D eigenvalue weighted by Gasteiger charge is -2.21. The minimum absolute atomic E-state index is 0.0546. The molecular weight excluding hydrogens is 398 g/mol. The second-order valence-corrected chi connectivity index (χ2v) is 7.20. The molecule has 1 aromatic carbocycles. The zero-order valence-electron chi connectivity index (χ0n) is 14.7. The van der Waals surface area contributed by atoms with Crippen LogP contribution in [0.25, 0.3) is 0 Å². The SMILES string of the molecule is CN(CCN1CCCC1)C(=O)c1cccc(NC(=O)c2ccc(Br)o2)c1. The van der Waals surface area contributed by atoms with Crippen LogP contribution in [0, 0.1) is 0 Å². The molecule has 2 heterocycles. The monoisotopic (exact) mass is 419 g/mol. The Morgan fingerprint density at radius 2 is 2.00 bits per heavy atom. The van der Waals surface area contributed by atoms with Gasteiger partial charge in [-0.3, -0.25) is 9.59 Å². The van der Waals surface area contributed by atoms with Gasteiger partial charge < -0.3 is 19.5 Å². The Morgan fingerprint density at radius 1 is 1.23 bits per heavy atom. The molecule has 0 unspecified atom stereocenters. The molecule has 2 amide bonds. The molecular formula is C19H22BrN3O3. The minimum atomic E-state index is -0.359. The number of carbonyl (C=O) groups excluding carboxylic acids is 2. The van der Waals surface area contributed by atoms with Crippen LogP contribution in [-0.2, 0) is 0 Å². The molecule has 26 heavy (non-hydrogen) atoms. The number of furan rings is 1. The molecule has 0 aliphatic carbocycles. The average Bonchev–Trinajstić information content (AvgIpc) is 3.31. The minimum Gasteiger partial charge on any atom is -0.444 e. The van der Waals surface area contributed by atoms with E-state index in [1.54, 1.807) is 41.3 Å². The molecule has 0 radical (unpaired) electrons. The summed E-state index contributed by atoms with van der Waals surface area (Å²) in [5.74, 6) is -0.208. The van der Waals surface area contributed by atoms with E-state index < -0.39 is 0 Å². The fourth-order valence-corrected chi connectivity index (χ4v) is 3.29. The fraction of sp³-hybridized carbons (Fsp3) is 0.368. The smallest absolute Gasteiger partial charge is 0.291 e. The second-order valence-electron chi connectivity index (χ2n) is 6.41. The lowest BCUT2D eigenvalue weighted by molar-refractivity contribution is 0.0782. The normalized spacial score (nSPS) is 14.4. The molecule has 2 aromatic rings. The Balaban J connectivity index is 1.60. The summed E-state index contributed by atoms with van der Waals surface area (Å²) >= 11 is 3.17. The molecule has 1 saturated heterocycles. The van der Waals surface area contributed by atoms with Crippen LogP contribution in [-0.4, -0.2) is 54.8 Å². The number of nitrogens with one attached hydrogen (secondary N) is 1. The summed E-state index contributed by atoms with van der Waals surface area (Å²) in [5.41, 5.74) is 1.11. The maximum atomic E-state index is 12.6. The fourth-order valence-electron chi connectivity index (χ4n) is 2.98. The maximum absolute atomic E-state index is 12.6. The van der Waals surface area contributed by atoms with Crippen LogP contribution in [0.5, 0.6) is 0 Å². The van der Waals surface area contributed by atoms with Crippen molar-refractivity contribution in [2.24, 2.45) is 0 Å². The van der Waals surface area contributed by atoms with Crippen LogP contribution in [0.4, 0.5) is 5.69 Å². The maximum Gasteiger partial charge on any atom is 0.291 e. The van der Waals surface area contributed by atoms with Crippen molar-refractivity contribution in [1.29, 1.82) is 0 Å². The molecule has 1 aliphatic rings. The number of amides is 2. The van der Waals surface area contributed by atoms with Gasteiger partial charge in [-0.05, 0) is 72.2 Å². The summed E-state index contributed by atoms with van der Waals surface area (Å²) in [6.45, 7) is 3.82. The van der Waals surface area contributed by atoms with Crippen molar-refractivity contribution in [1.82, 2.24) is 9.80 Å². The summed E-state index contributed by atoms with van der Waals surface area (Å²) in [4.78, 5) is 28.9. The molecule has 1 fully saturated rings. The van der Waals surface area contributed by atoms with Gasteiger partial charge in [-0.1, -0.05) is 6.07 Å². The first kappa shape index (κ1) is 18.7. The molecule has 1 aromatic heterocycles. The van der Waals surface area contributed by atoms with Crippen molar-refractivity contribution in [2.75, 3.05) is 38.5 Å². The Hall–Kier alpha value is -2.12. The Labute approximate surface area is 161 Å². The first-order valence-corrected chi connectivity index (χ1v) is 9.47. The van der Waals surface area contributed by atoms with Crippen molar-refractivity contribution in [3.8, 4) is 0 Å². The van der Waals surface area contributed by atoms with E-state index in [-0.39, 0.29) is 17.6 Å². The van der Waals surface area contributed by atoms with Gasteiger partial charge in [0.15, 0.2) is 10.4 Å². The van der Waals surface area contributed by atoms with Crippen molar-refractivity contribution < 1.29 is 14.0 Å². The van der Waals surface area contributed by atoms with Crippen LogP contribution in [0.1, 0.15) is 33.8 Å². The zero-order chi connectivity index (χ0) is 18.5. The topological polar surface area (TPSA) is 65.8 Å². The largest absolute Gasteiger partial charge is 0.444 e. The summed E-state index contributed by atoms with van der Waals surface area (Å²) in [6, 6.07) is 10.2. The quantitative estimate of drug-likeness (QED) is 0.778. The standard InChI is InChI=1S/C19H22BrN3O3/c1-22(11-12-23-9-2-3-10-23)19(25)14-5-4-6-15(13-14)21-18(24)16-7-8-17(20)26-16/h4-8,13H,2-3,9-12H2,1H3,(H,21,24). The summed E-state index contributed by atoms with van der Waals surface area (Å²) < 4.78 is 5.73. The number of hydrogen-bond donors (Lipinski definition) is 1. The van der Waals surface area contributed by atoms with Gasteiger partial charge >= 0.3 is 0 Å². The van der Waals surface area contributed by atoms with Gasteiger partial charge in [-0.2, -0.15) is 0 Å². The van der Waals surface area contributed by atoms with Crippen LogP contribution >= 0.6 is 15.9 Å². The second kappa shape index (κ2) is 8.51. The molecule has 6 nitrogen and oxygen atoms in total. The van der Waals surface area contributed by atoms with Crippen molar-refractivity contribution in [3.63, 3.8) is 0 Å². The Bertz CT molecular complexity index is 784. The predicted octanol–water partition coefficient (Wildman–Crippen LogP) is 3.46. The van der Waals surface area contributed by atoms with Crippen LogP contribution in [0.15, 0.2) is 45.5 Å². The molecule has 1 aliphatic heterocycles. The number of likely N-dealkylation sites (tertiary alicyclic amines) is 1. The summed E-state index contributed by atoms with van der Waals surface area (Å²) in [7, 11) is 1.81. The first-order valence-electron chi connectivity index (χ1n) is 8.67. The zero-order valence-corrected chi connectivity index (χ0v) is 16.3. The number of nitrogens with zero attached hydrogens (tertiary/aromatic N) is 2. The van der Waals surface area contributed by atoms with E-state index in [2.05, 4.69) is 26.1 Å². The van der Waals surface area contributed by atoms with Gasteiger partial charge in [-0.15, -0.1) is 0 Å². The van der Waals surface area contributed by atoms with Gasteiger partial charge in [-0.25, -0.2) is 0 Å². The number of carbonyl (C=O) groups is 2. The number of anilines is 1. The Morgan fingerprint density at radius 3 is 2.69 bits per heavy atom. The molecule has 138 valence electrons. The number of halogens is 1. The third kappa shape index (κ3) is 4.74. The highest BCUT2D eigenvalue weighted by Gasteiger charge is 2.17. The molecule has 0 atom stereocenters. The van der Waals surface area contributed by atoms with Gasteiger partial charge in [0.25, 0.3) is 11.8 Å². The third-order valence-electron chi connectivity index (χ3n) is 4.46. The summed E-state index contributed by atoms with van der Waals surface area (Å²) in [6.07, 6.45) is 2.48. The predicted molar refractivity (Wildman–Crippen MR) is 103 cm³/mol. The van der Waals surface area contributed by atoms with E-state index in [1.807, 2.05) is 7.05 Å². The number of hydrogen-bond acceptors (Lipinski definition) is 4.